The Bertz CT molecular complexity index is 40.2. The quantitative estimate of drug-likeness (QED) is 0.520. The van der Waals surface area contributed by atoms with Crippen molar-refractivity contribution in [1.29, 1.82) is 0 Å². The molecule has 0 unspecified atom stereocenters. The highest BCUT2D eigenvalue weighted by atomic mass is 127. The molecule has 0 amide bonds. The third-order valence-corrected chi connectivity index (χ3v) is 1.73. The highest BCUT2D eigenvalue weighted by Crippen LogP contribution is 2.20. The van der Waals surface area contributed by atoms with E-state index in [1.807, 2.05) is 0 Å². The molecule has 0 aromatic rings. The van der Waals surface area contributed by atoms with E-state index in [0.29, 0.717) is 1.93 Å². The van der Waals surface area contributed by atoms with Gasteiger partial charge in [0.05, 0.1) is 1.93 Å². The second-order valence-corrected chi connectivity index (χ2v) is 7.69. The van der Waals surface area contributed by atoms with Gasteiger partial charge in [0.25, 0.3) is 0 Å². The number of rotatable bonds is 2. The van der Waals surface area contributed by atoms with E-state index in [4.69, 9.17) is 23.2 Å². The van der Waals surface area contributed by atoms with Crippen LogP contribution in [0.15, 0.2) is 0 Å². The van der Waals surface area contributed by atoms with Gasteiger partial charge >= 0.3 is 0 Å². The van der Waals surface area contributed by atoms with Crippen LogP contribution in [0.4, 0.5) is 0 Å². The van der Waals surface area contributed by atoms with Crippen LogP contribution in [-0.4, -0.2) is 6.77 Å². The van der Waals surface area contributed by atoms with Crippen LogP contribution >= 0.6 is 68.4 Å². The third-order valence-electron chi connectivity index (χ3n) is 0.356. The first kappa shape index (κ1) is 9.04. The Hall–Kier alpha value is 2.04. The van der Waals surface area contributed by atoms with Gasteiger partial charge in [-0.15, -0.1) is 23.2 Å². The highest BCUT2D eigenvalue weighted by Gasteiger charge is 2.03. The summed E-state index contributed by atoms with van der Waals surface area (Å²) >= 11 is 15.4. The highest BCUT2D eigenvalue weighted by molar-refractivity contribution is 14.2. The summed E-state index contributed by atoms with van der Waals surface area (Å²) in [6.45, 7) is 0. The average molecular weight is 365 g/mol. The largest absolute Gasteiger partial charge is 0.109 e. The second-order valence-electron chi connectivity index (χ2n) is 1.02. The summed E-state index contributed by atoms with van der Waals surface area (Å²) in [5, 5.41) is 0. The SMILES string of the molecule is ClC(Cl)CC(I)I. The van der Waals surface area contributed by atoms with Gasteiger partial charge in [-0.05, 0) is 6.42 Å². The second kappa shape index (κ2) is 4.88. The lowest BCUT2D eigenvalue weighted by molar-refractivity contribution is 1.05. The van der Waals surface area contributed by atoms with Gasteiger partial charge in [0.15, 0.2) is 0 Å². The number of hydrogen-bond donors (Lipinski definition) is 0. The van der Waals surface area contributed by atoms with E-state index in [1.165, 1.54) is 0 Å². The summed E-state index contributed by atoms with van der Waals surface area (Å²) in [6.07, 6.45) is 0.865. The van der Waals surface area contributed by atoms with Crippen LogP contribution in [0.25, 0.3) is 0 Å². The molecule has 4 heteroatoms. The van der Waals surface area contributed by atoms with Crippen molar-refractivity contribution in [3.63, 3.8) is 0 Å². The summed E-state index contributed by atoms with van der Waals surface area (Å²) in [4.78, 5) is -0.196. The zero-order valence-corrected chi connectivity index (χ0v) is 9.20. The molecule has 0 aromatic heterocycles. The van der Waals surface area contributed by atoms with Crippen LogP contribution in [0.1, 0.15) is 6.42 Å². The van der Waals surface area contributed by atoms with Gasteiger partial charge in [0, 0.05) is 0 Å². The molecule has 0 saturated heterocycles. The van der Waals surface area contributed by atoms with Crippen LogP contribution in [0.2, 0.25) is 0 Å². The van der Waals surface area contributed by atoms with Gasteiger partial charge < -0.3 is 0 Å². The molecule has 0 fully saturated rings. The van der Waals surface area contributed by atoms with E-state index >= 15 is 0 Å². The van der Waals surface area contributed by atoms with Crippen molar-refractivity contribution >= 4 is 68.4 Å². The van der Waals surface area contributed by atoms with Crippen LogP contribution in [0.5, 0.6) is 0 Å². The maximum atomic E-state index is 5.43. The van der Waals surface area contributed by atoms with Gasteiger partial charge in [0.1, 0.15) is 4.84 Å². The molecular formula is C3H4Cl2I2. The minimum absolute atomic E-state index is 0.196. The topological polar surface area (TPSA) is 0 Å². The van der Waals surface area contributed by atoms with E-state index < -0.39 is 0 Å². The van der Waals surface area contributed by atoms with Crippen LogP contribution < -0.4 is 0 Å². The first-order valence-corrected chi connectivity index (χ1v) is 5.05. The lowest BCUT2D eigenvalue weighted by atomic mass is 10.6. The number of hydrogen-bond acceptors (Lipinski definition) is 0. The Labute approximate surface area is 80.6 Å². The minimum Gasteiger partial charge on any atom is -0.105 e. The first-order valence-electron chi connectivity index (χ1n) is 1.69. The van der Waals surface area contributed by atoms with Gasteiger partial charge in [-0.1, -0.05) is 45.2 Å². The maximum Gasteiger partial charge on any atom is 0.109 e. The van der Waals surface area contributed by atoms with E-state index in [2.05, 4.69) is 45.2 Å². The summed E-state index contributed by atoms with van der Waals surface area (Å²) < 4.78 is 0.551. The van der Waals surface area contributed by atoms with Gasteiger partial charge in [-0.25, -0.2) is 0 Å². The zero-order chi connectivity index (χ0) is 5.86. The predicted molar refractivity (Wildman–Crippen MR) is 51.9 cm³/mol. The molecule has 0 N–H and O–H groups in total. The summed E-state index contributed by atoms with van der Waals surface area (Å²) in [7, 11) is 0. The molecule has 0 atom stereocenters. The molecule has 0 radical (unpaired) electrons. The lowest BCUT2D eigenvalue weighted by Gasteiger charge is -1.98. The zero-order valence-electron chi connectivity index (χ0n) is 3.37. The van der Waals surface area contributed by atoms with Crippen molar-refractivity contribution < 1.29 is 0 Å². The molecule has 0 bridgehead atoms. The van der Waals surface area contributed by atoms with Crippen LogP contribution in [0.3, 0.4) is 0 Å². The molecule has 0 nitrogen and oxygen atoms in total. The maximum absolute atomic E-state index is 5.43. The van der Waals surface area contributed by atoms with E-state index in [1.54, 1.807) is 0 Å². The minimum atomic E-state index is -0.196. The van der Waals surface area contributed by atoms with E-state index in [0.717, 1.165) is 6.42 Å². The Morgan fingerprint density at radius 2 is 1.71 bits per heavy atom. The molecule has 7 heavy (non-hydrogen) atoms. The molecule has 0 rings (SSSR count). The van der Waals surface area contributed by atoms with Gasteiger partial charge in [-0.2, -0.15) is 0 Å². The van der Waals surface area contributed by atoms with Crippen molar-refractivity contribution in [2.75, 3.05) is 0 Å². The third kappa shape index (κ3) is 8.04. The average Bonchev–Trinajstić information content (AvgIpc) is 1.27. The van der Waals surface area contributed by atoms with Gasteiger partial charge in [-0.3, -0.25) is 0 Å². The smallest absolute Gasteiger partial charge is 0.105 e. The molecule has 0 spiro atoms. The molecule has 0 aliphatic heterocycles. The molecule has 0 aliphatic carbocycles. The predicted octanol–water partition coefficient (Wildman–Crippen LogP) is 3.38. The van der Waals surface area contributed by atoms with E-state index in [-0.39, 0.29) is 4.84 Å². The Morgan fingerprint density at radius 1 is 1.29 bits per heavy atom. The summed E-state index contributed by atoms with van der Waals surface area (Å²) in [6, 6.07) is 0. The normalized spacial score (nSPS) is 11.1. The Balaban J connectivity index is 2.95. The van der Waals surface area contributed by atoms with Gasteiger partial charge in [0.2, 0.25) is 0 Å². The fourth-order valence-corrected chi connectivity index (χ4v) is 2.71. The summed E-state index contributed by atoms with van der Waals surface area (Å²) in [5.74, 6) is 0. The van der Waals surface area contributed by atoms with Crippen LogP contribution in [-0.2, 0) is 0 Å². The summed E-state index contributed by atoms with van der Waals surface area (Å²) in [5.41, 5.74) is 0. The van der Waals surface area contributed by atoms with Crippen LogP contribution in [0, 0.1) is 0 Å². The molecule has 0 aromatic carbocycles. The molecule has 0 saturated carbocycles. The lowest BCUT2D eigenvalue weighted by Crippen LogP contribution is -1.92. The first-order chi connectivity index (χ1) is 3.13. The Kier molecular flexibility index (Phi) is 6.30. The fraction of sp³-hybridized carbons (Fsp3) is 1.00. The number of halogens is 4. The molecule has 0 aliphatic rings. The Morgan fingerprint density at radius 3 is 1.71 bits per heavy atom. The molecule has 0 heterocycles. The van der Waals surface area contributed by atoms with E-state index in [9.17, 15) is 0 Å². The van der Waals surface area contributed by atoms with Crippen molar-refractivity contribution in [3.05, 3.63) is 0 Å². The van der Waals surface area contributed by atoms with Crippen molar-refractivity contribution in [3.8, 4) is 0 Å². The monoisotopic (exact) mass is 364 g/mol. The molecule has 44 valence electrons. The van der Waals surface area contributed by atoms with Crippen molar-refractivity contribution in [2.24, 2.45) is 0 Å². The molecular weight excluding hydrogens is 361 g/mol. The van der Waals surface area contributed by atoms with Crippen molar-refractivity contribution in [1.82, 2.24) is 0 Å². The number of alkyl halides is 4. The van der Waals surface area contributed by atoms with Crippen molar-refractivity contribution in [2.45, 2.75) is 13.2 Å². The standard InChI is InChI=1S/C3H4Cl2I2/c4-2(5)1-3(6)7/h2-3H,1H2. The fourth-order valence-electron chi connectivity index (χ4n) is 0.135.